The van der Waals surface area contributed by atoms with E-state index in [-0.39, 0.29) is 13.2 Å². The van der Waals surface area contributed by atoms with Gasteiger partial charge in [-0.1, -0.05) is 5.21 Å². The first-order valence-corrected chi connectivity index (χ1v) is 19.0. The van der Waals surface area contributed by atoms with Crippen LogP contribution in [0, 0.1) is 0 Å². The smallest absolute Gasteiger partial charge is 0.187 e. The molecule has 14 N–H and O–H groups in total. The lowest BCUT2D eigenvalue weighted by molar-refractivity contribution is -0.359. The highest BCUT2D eigenvalue weighted by molar-refractivity contribution is 4.96. The Morgan fingerprint density at radius 3 is 1.34 bits per heavy atom. The number of hydrogen-bond donors (Lipinski definition) is 14. The van der Waals surface area contributed by atoms with Crippen molar-refractivity contribution in [1.29, 1.82) is 0 Å². The maximum Gasteiger partial charge on any atom is 0.187 e. The normalized spacial score (nSPS) is 43.8. The molecule has 5 rings (SSSR count). The molecule has 1 aromatic rings. The molecule has 4 aliphatic heterocycles. The molecule has 0 aromatic carbocycles. The molecule has 4 aliphatic rings. The van der Waals surface area contributed by atoms with E-state index in [1.807, 2.05) is 0 Å². The van der Waals surface area contributed by atoms with Crippen LogP contribution in [0.4, 0.5) is 0 Å². The average Bonchev–Trinajstić information content (AvgIpc) is 3.68. The zero-order valence-electron chi connectivity index (χ0n) is 31.3. The van der Waals surface area contributed by atoms with Crippen LogP contribution < -0.4 is 0 Å². The monoisotopic (exact) mass is 847 g/mol. The van der Waals surface area contributed by atoms with Crippen molar-refractivity contribution >= 4 is 0 Å². The lowest BCUT2D eigenvalue weighted by Gasteiger charge is -2.45. The van der Waals surface area contributed by atoms with Crippen molar-refractivity contribution in [3.05, 3.63) is 11.9 Å². The van der Waals surface area contributed by atoms with Crippen LogP contribution in [0.5, 0.6) is 0 Å². The minimum atomic E-state index is -1.78. The number of hydrogen-bond acceptors (Lipinski definition) is 24. The van der Waals surface area contributed by atoms with Gasteiger partial charge in [-0.05, 0) is 25.7 Å². The first kappa shape index (κ1) is 47.3. The minimum Gasteiger partial charge on any atom is -0.394 e. The van der Waals surface area contributed by atoms with E-state index in [4.69, 9.17) is 37.9 Å². The number of aliphatic hydroxyl groups is 14. The second kappa shape index (κ2) is 21.9. The molecule has 0 saturated carbocycles. The molecule has 0 spiro atoms. The summed E-state index contributed by atoms with van der Waals surface area (Å²) in [6.45, 7) is -2.36. The summed E-state index contributed by atoms with van der Waals surface area (Å²) in [5.74, 6) is 0. The zero-order valence-corrected chi connectivity index (χ0v) is 31.3. The van der Waals surface area contributed by atoms with Gasteiger partial charge in [-0.2, -0.15) is 0 Å². The van der Waals surface area contributed by atoms with Gasteiger partial charge in [0, 0.05) is 19.3 Å². The number of aliphatic hydroxyl groups excluding tert-OH is 14. The van der Waals surface area contributed by atoms with E-state index in [0.717, 1.165) is 0 Å². The van der Waals surface area contributed by atoms with Crippen molar-refractivity contribution in [3.63, 3.8) is 0 Å². The summed E-state index contributed by atoms with van der Waals surface area (Å²) in [5.41, 5.74) is 0.657. The zero-order chi connectivity index (χ0) is 42.3. The molecule has 20 atom stereocenters. The molecule has 5 heterocycles. The fourth-order valence-electron chi connectivity index (χ4n) is 6.98. The molecule has 4 saturated heterocycles. The van der Waals surface area contributed by atoms with Gasteiger partial charge in [0.1, 0.15) is 97.7 Å². The van der Waals surface area contributed by atoms with Gasteiger partial charge < -0.3 is 109 Å². The third-order valence-electron chi connectivity index (χ3n) is 10.4. The van der Waals surface area contributed by atoms with Crippen molar-refractivity contribution in [3.8, 4) is 0 Å². The molecule has 0 amide bonds. The lowest BCUT2D eigenvalue weighted by atomic mass is 9.97. The molecule has 25 heteroatoms. The number of ether oxygens (including phenoxy) is 8. The van der Waals surface area contributed by atoms with Gasteiger partial charge in [0.25, 0.3) is 0 Å². The number of rotatable bonds is 19. The Morgan fingerprint density at radius 2 is 0.897 bits per heavy atom. The predicted octanol–water partition coefficient (Wildman–Crippen LogP) is -8.73. The Balaban J connectivity index is 0.989. The third kappa shape index (κ3) is 11.0. The summed E-state index contributed by atoms with van der Waals surface area (Å²) in [6.07, 6.45) is -27.4. The Bertz CT molecular complexity index is 1350. The van der Waals surface area contributed by atoms with Crippen molar-refractivity contribution in [1.82, 2.24) is 15.0 Å². The molecule has 8 unspecified atom stereocenters. The molecule has 25 nitrogen and oxygen atoms in total. The summed E-state index contributed by atoms with van der Waals surface area (Å²) in [4.78, 5) is 0. The Kier molecular flexibility index (Phi) is 17.8. The summed E-state index contributed by atoms with van der Waals surface area (Å²) in [6, 6.07) is 0. The van der Waals surface area contributed by atoms with E-state index in [1.54, 1.807) is 10.9 Å². The van der Waals surface area contributed by atoms with E-state index in [1.165, 1.54) is 0 Å². The maximum absolute atomic E-state index is 10.8. The van der Waals surface area contributed by atoms with Gasteiger partial charge in [0.15, 0.2) is 25.2 Å². The van der Waals surface area contributed by atoms with E-state index in [9.17, 15) is 71.5 Å². The Morgan fingerprint density at radius 1 is 0.483 bits per heavy atom. The van der Waals surface area contributed by atoms with Crippen molar-refractivity contribution in [2.75, 3.05) is 39.6 Å². The lowest BCUT2D eigenvalue weighted by Crippen LogP contribution is -2.64. The van der Waals surface area contributed by atoms with Crippen LogP contribution in [0.1, 0.15) is 25.0 Å². The number of aromatic nitrogens is 3. The molecular formula is C33H57N3O22. The molecular weight excluding hydrogens is 790 g/mol. The predicted molar refractivity (Wildman–Crippen MR) is 182 cm³/mol. The number of nitrogens with zero attached hydrogens (tertiary/aromatic N) is 3. The second-order valence-corrected chi connectivity index (χ2v) is 14.5. The minimum absolute atomic E-state index is 0.0267. The SMILES string of the molecule is OCC1O[C@H](O[C@@H]2C(CO)O[C@@H](OCCCCc3cn(CCCO[C@@H]4OC(CO)[C@@H](O[C@H]5OC(CO)[C@@H](O)[C@H](O)C5O)[C@H](O)C4O)nn3)C(O)[C@H]2O)C(O)[C@@H](O)[C@@H]1O. The molecule has 0 radical (unpaired) electrons. The summed E-state index contributed by atoms with van der Waals surface area (Å²) in [7, 11) is 0. The fraction of sp³-hybridized carbons (Fsp3) is 0.939. The van der Waals surface area contributed by atoms with Crippen LogP contribution >= 0.6 is 0 Å². The van der Waals surface area contributed by atoms with Crippen molar-refractivity contribution < 1.29 is 109 Å². The van der Waals surface area contributed by atoms with Crippen LogP contribution in [-0.4, -0.2) is 249 Å². The van der Waals surface area contributed by atoms with Gasteiger partial charge >= 0.3 is 0 Å². The molecule has 1 aromatic heterocycles. The van der Waals surface area contributed by atoms with Crippen molar-refractivity contribution in [2.45, 2.75) is 155 Å². The van der Waals surface area contributed by atoms with Gasteiger partial charge in [-0.15, -0.1) is 5.10 Å². The summed E-state index contributed by atoms with van der Waals surface area (Å²) >= 11 is 0. The van der Waals surface area contributed by atoms with E-state index in [0.29, 0.717) is 37.9 Å². The topological polar surface area (TPSA) is 388 Å². The molecule has 0 bridgehead atoms. The van der Waals surface area contributed by atoms with Crippen LogP contribution in [0.3, 0.4) is 0 Å². The highest BCUT2D eigenvalue weighted by Gasteiger charge is 2.52. The summed E-state index contributed by atoms with van der Waals surface area (Å²) in [5, 5.41) is 150. The van der Waals surface area contributed by atoms with Crippen LogP contribution in [-0.2, 0) is 50.9 Å². The highest BCUT2D eigenvalue weighted by Crippen LogP contribution is 2.31. The van der Waals surface area contributed by atoms with Crippen LogP contribution in [0.2, 0.25) is 0 Å². The standard InChI is InChI=1S/C33H57N3O22/c37-9-14-18(41)20(43)24(47)32(53-14)57-28-16(11-39)55-30(26(49)22(28)45)51-6-2-1-4-13-8-36(35-34-13)5-3-7-52-31-27(50)23(46)29(17(12-40)56-31)58-33-25(48)21(44)19(42)15(10-38)54-33/h8,14-33,37-50H,1-7,9-12H2/t14?,15?,16?,17?,18-,19-,20+,21+,22-,23-,24?,25?,26?,27?,28-,29-,30-,31-,32-,33-/m1/s1. The van der Waals surface area contributed by atoms with Gasteiger partial charge in [0.2, 0.25) is 0 Å². The fourth-order valence-corrected chi connectivity index (χ4v) is 6.98. The van der Waals surface area contributed by atoms with Gasteiger partial charge in [-0.3, -0.25) is 4.68 Å². The van der Waals surface area contributed by atoms with E-state index < -0.39 is 149 Å². The van der Waals surface area contributed by atoms with E-state index in [2.05, 4.69) is 10.3 Å². The second-order valence-electron chi connectivity index (χ2n) is 14.5. The average molecular weight is 848 g/mol. The van der Waals surface area contributed by atoms with Crippen molar-refractivity contribution in [2.24, 2.45) is 0 Å². The molecule has 0 aliphatic carbocycles. The Hall–Kier alpha value is -1.74. The van der Waals surface area contributed by atoms with Gasteiger partial charge in [-0.25, -0.2) is 0 Å². The van der Waals surface area contributed by atoms with Crippen LogP contribution in [0.15, 0.2) is 6.20 Å². The van der Waals surface area contributed by atoms with Gasteiger partial charge in [0.05, 0.1) is 38.7 Å². The third-order valence-corrected chi connectivity index (χ3v) is 10.4. The molecule has 4 fully saturated rings. The molecule has 336 valence electrons. The quantitative estimate of drug-likeness (QED) is 0.0575. The Labute approximate surface area is 331 Å². The largest absolute Gasteiger partial charge is 0.394 e. The number of aryl methyl sites for hydroxylation is 2. The molecule has 58 heavy (non-hydrogen) atoms. The highest BCUT2D eigenvalue weighted by atomic mass is 16.8. The first-order chi connectivity index (χ1) is 27.7. The van der Waals surface area contributed by atoms with E-state index >= 15 is 0 Å². The first-order valence-electron chi connectivity index (χ1n) is 19.0. The number of unbranched alkanes of at least 4 members (excludes halogenated alkanes) is 1. The van der Waals surface area contributed by atoms with Crippen LogP contribution in [0.25, 0.3) is 0 Å². The summed E-state index contributed by atoms with van der Waals surface area (Å²) < 4.78 is 45.7. The maximum atomic E-state index is 10.8.